The van der Waals surface area contributed by atoms with E-state index in [2.05, 4.69) is 12.2 Å². The van der Waals surface area contributed by atoms with Crippen LogP contribution in [0.15, 0.2) is 12.2 Å². The van der Waals surface area contributed by atoms with Gasteiger partial charge in [0.2, 0.25) is 0 Å². The second kappa shape index (κ2) is 2.95. The van der Waals surface area contributed by atoms with E-state index in [0.717, 1.165) is 13.0 Å². The third-order valence-electron chi connectivity index (χ3n) is 2.54. The van der Waals surface area contributed by atoms with Gasteiger partial charge < -0.3 is 9.47 Å². The Hall–Kier alpha value is -0.340. The van der Waals surface area contributed by atoms with Crippen LogP contribution in [0, 0.1) is 5.92 Å². The van der Waals surface area contributed by atoms with Crippen molar-refractivity contribution >= 4 is 0 Å². The largest absolute Gasteiger partial charge is 0.385 e. The van der Waals surface area contributed by atoms with Gasteiger partial charge in [-0.3, -0.25) is 0 Å². The molecule has 0 radical (unpaired) electrons. The van der Waals surface area contributed by atoms with Crippen LogP contribution in [0.4, 0.5) is 0 Å². The lowest BCUT2D eigenvalue weighted by molar-refractivity contribution is 0.0991. The lowest BCUT2D eigenvalue weighted by Crippen LogP contribution is -2.14. The number of hydrogen-bond donors (Lipinski definition) is 0. The number of rotatable bonds is 3. The SMILES string of the molecule is COCCC1CC2C=CC1O2. The monoisotopic (exact) mass is 154 g/mol. The molecule has 1 saturated heterocycles. The van der Waals surface area contributed by atoms with E-state index in [9.17, 15) is 0 Å². The van der Waals surface area contributed by atoms with Crippen LogP contribution in [0.1, 0.15) is 12.8 Å². The number of ether oxygens (including phenoxy) is 2. The normalized spacial score (nSPS) is 40.3. The van der Waals surface area contributed by atoms with Crippen molar-refractivity contribution in [1.29, 1.82) is 0 Å². The van der Waals surface area contributed by atoms with Gasteiger partial charge in [-0.25, -0.2) is 0 Å². The number of fused-ring (bicyclic) bond motifs is 2. The van der Waals surface area contributed by atoms with Crippen molar-refractivity contribution < 1.29 is 9.47 Å². The molecule has 3 atom stereocenters. The Morgan fingerprint density at radius 3 is 3.00 bits per heavy atom. The lowest BCUT2D eigenvalue weighted by Gasteiger charge is -2.13. The summed E-state index contributed by atoms with van der Waals surface area (Å²) in [5, 5.41) is 0. The van der Waals surface area contributed by atoms with Gasteiger partial charge in [-0.15, -0.1) is 0 Å². The fraction of sp³-hybridized carbons (Fsp3) is 0.778. The summed E-state index contributed by atoms with van der Waals surface area (Å²) < 4.78 is 10.6. The molecule has 0 N–H and O–H groups in total. The first kappa shape index (κ1) is 7.32. The van der Waals surface area contributed by atoms with Gasteiger partial charge in [0.1, 0.15) is 0 Å². The Bertz CT molecular complexity index is 165. The van der Waals surface area contributed by atoms with Crippen LogP contribution in [-0.2, 0) is 9.47 Å². The van der Waals surface area contributed by atoms with Gasteiger partial charge in [0.15, 0.2) is 0 Å². The average molecular weight is 154 g/mol. The maximum atomic E-state index is 5.62. The van der Waals surface area contributed by atoms with E-state index in [1.54, 1.807) is 7.11 Å². The molecule has 3 unspecified atom stereocenters. The van der Waals surface area contributed by atoms with E-state index in [1.807, 2.05) is 0 Å². The van der Waals surface area contributed by atoms with Crippen molar-refractivity contribution in [2.45, 2.75) is 25.0 Å². The maximum Gasteiger partial charge on any atom is 0.0794 e. The summed E-state index contributed by atoms with van der Waals surface area (Å²) in [7, 11) is 1.75. The fourth-order valence-corrected chi connectivity index (χ4v) is 1.91. The van der Waals surface area contributed by atoms with Gasteiger partial charge in [0.05, 0.1) is 12.2 Å². The third-order valence-corrected chi connectivity index (χ3v) is 2.54. The molecular formula is C9H14O2. The highest BCUT2D eigenvalue weighted by Gasteiger charge is 2.35. The van der Waals surface area contributed by atoms with Crippen molar-refractivity contribution in [2.24, 2.45) is 5.92 Å². The predicted octanol–water partition coefficient (Wildman–Crippen LogP) is 1.37. The highest BCUT2D eigenvalue weighted by molar-refractivity contribution is 5.10. The Balaban J connectivity index is 1.84. The molecule has 0 amide bonds. The van der Waals surface area contributed by atoms with Gasteiger partial charge in [-0.2, -0.15) is 0 Å². The van der Waals surface area contributed by atoms with Crippen LogP contribution in [0.5, 0.6) is 0 Å². The van der Waals surface area contributed by atoms with Gasteiger partial charge in [0, 0.05) is 13.7 Å². The van der Waals surface area contributed by atoms with Crippen LogP contribution in [0.2, 0.25) is 0 Å². The Morgan fingerprint density at radius 1 is 1.55 bits per heavy atom. The zero-order valence-corrected chi connectivity index (χ0v) is 6.82. The second-order valence-corrected chi connectivity index (χ2v) is 3.30. The quantitative estimate of drug-likeness (QED) is 0.571. The molecule has 0 saturated carbocycles. The summed E-state index contributed by atoms with van der Waals surface area (Å²) in [5.74, 6) is 0.713. The maximum absolute atomic E-state index is 5.62. The Labute approximate surface area is 67.2 Å². The van der Waals surface area contributed by atoms with Crippen molar-refractivity contribution in [3.63, 3.8) is 0 Å². The minimum Gasteiger partial charge on any atom is -0.385 e. The standard InChI is InChI=1S/C9H14O2/c1-10-5-4-7-6-8-2-3-9(7)11-8/h2-3,7-9H,4-6H2,1H3. The van der Waals surface area contributed by atoms with Gasteiger partial charge in [-0.05, 0) is 18.8 Å². The number of methoxy groups -OCH3 is 1. The fourth-order valence-electron chi connectivity index (χ4n) is 1.91. The molecule has 0 spiro atoms. The lowest BCUT2D eigenvalue weighted by atomic mass is 9.92. The van der Waals surface area contributed by atoms with E-state index in [4.69, 9.17) is 9.47 Å². The molecule has 2 aliphatic rings. The van der Waals surface area contributed by atoms with E-state index < -0.39 is 0 Å². The van der Waals surface area contributed by atoms with Crippen molar-refractivity contribution in [1.82, 2.24) is 0 Å². The van der Waals surface area contributed by atoms with E-state index in [-0.39, 0.29) is 0 Å². The van der Waals surface area contributed by atoms with Gasteiger partial charge in [-0.1, -0.05) is 12.2 Å². The summed E-state index contributed by atoms with van der Waals surface area (Å²) in [6.07, 6.45) is 7.52. The van der Waals surface area contributed by atoms with Gasteiger partial charge >= 0.3 is 0 Å². The van der Waals surface area contributed by atoms with Crippen molar-refractivity contribution in [2.75, 3.05) is 13.7 Å². The summed E-state index contributed by atoms with van der Waals surface area (Å²) in [6, 6.07) is 0. The molecule has 2 heterocycles. The molecule has 2 aliphatic heterocycles. The van der Waals surface area contributed by atoms with E-state index in [0.29, 0.717) is 18.1 Å². The van der Waals surface area contributed by atoms with Crippen LogP contribution in [0.3, 0.4) is 0 Å². The zero-order chi connectivity index (χ0) is 7.68. The molecule has 0 aromatic rings. The minimum absolute atomic E-state index is 0.398. The summed E-state index contributed by atoms with van der Waals surface area (Å²) >= 11 is 0. The first-order chi connectivity index (χ1) is 5.40. The first-order valence-electron chi connectivity index (χ1n) is 4.23. The molecular weight excluding hydrogens is 140 g/mol. The molecule has 2 nitrogen and oxygen atoms in total. The van der Waals surface area contributed by atoms with E-state index >= 15 is 0 Å². The summed E-state index contributed by atoms with van der Waals surface area (Å²) in [5.41, 5.74) is 0. The van der Waals surface area contributed by atoms with Crippen molar-refractivity contribution in [3.8, 4) is 0 Å². The average Bonchev–Trinajstić information content (AvgIpc) is 2.60. The molecule has 11 heavy (non-hydrogen) atoms. The second-order valence-electron chi connectivity index (χ2n) is 3.30. The third kappa shape index (κ3) is 1.33. The Morgan fingerprint density at radius 2 is 2.45 bits per heavy atom. The van der Waals surface area contributed by atoms with Crippen molar-refractivity contribution in [3.05, 3.63) is 12.2 Å². The molecule has 2 heteroatoms. The molecule has 0 aliphatic carbocycles. The molecule has 62 valence electrons. The molecule has 1 fully saturated rings. The number of hydrogen-bond acceptors (Lipinski definition) is 2. The smallest absolute Gasteiger partial charge is 0.0794 e. The molecule has 2 bridgehead atoms. The molecule has 0 aromatic carbocycles. The Kier molecular flexibility index (Phi) is 1.96. The minimum atomic E-state index is 0.398. The highest BCUT2D eigenvalue weighted by Crippen LogP contribution is 2.35. The van der Waals surface area contributed by atoms with Crippen LogP contribution in [-0.4, -0.2) is 25.9 Å². The molecule has 0 aromatic heterocycles. The van der Waals surface area contributed by atoms with Crippen LogP contribution < -0.4 is 0 Å². The highest BCUT2D eigenvalue weighted by atomic mass is 16.5. The zero-order valence-electron chi connectivity index (χ0n) is 6.82. The molecule has 2 rings (SSSR count). The van der Waals surface area contributed by atoms with Crippen LogP contribution >= 0.6 is 0 Å². The summed E-state index contributed by atoms with van der Waals surface area (Å²) in [4.78, 5) is 0. The first-order valence-corrected chi connectivity index (χ1v) is 4.23. The topological polar surface area (TPSA) is 18.5 Å². The van der Waals surface area contributed by atoms with Crippen LogP contribution in [0.25, 0.3) is 0 Å². The summed E-state index contributed by atoms with van der Waals surface area (Å²) in [6.45, 7) is 0.866. The van der Waals surface area contributed by atoms with E-state index in [1.165, 1.54) is 6.42 Å². The van der Waals surface area contributed by atoms with Gasteiger partial charge in [0.25, 0.3) is 0 Å². The predicted molar refractivity (Wildman–Crippen MR) is 42.4 cm³/mol.